The predicted octanol–water partition coefficient (Wildman–Crippen LogP) is 4.48. The maximum atomic E-state index is 13.6. The van der Waals surface area contributed by atoms with E-state index in [4.69, 9.17) is 0 Å². The zero-order valence-electron chi connectivity index (χ0n) is 10.4. The summed E-state index contributed by atoms with van der Waals surface area (Å²) in [6, 6.07) is 8.56. The molecule has 0 fully saturated rings. The first-order valence-electron chi connectivity index (χ1n) is 6.19. The molecule has 0 aromatic heterocycles. The van der Waals surface area contributed by atoms with Gasteiger partial charge in [-0.2, -0.15) is 13.2 Å². The molecule has 3 rings (SSSR count). The molecule has 0 aliphatic carbocycles. The van der Waals surface area contributed by atoms with Gasteiger partial charge in [0.05, 0.1) is 5.56 Å². The Morgan fingerprint density at radius 1 is 0.950 bits per heavy atom. The maximum absolute atomic E-state index is 13.6. The SMILES string of the molecule is Fc1cc(-c2ccc3c(c2)CCN3)ccc1C(F)(F)F. The number of alkyl halides is 3. The molecule has 20 heavy (non-hydrogen) atoms. The first-order chi connectivity index (χ1) is 9.45. The Hall–Kier alpha value is -2.04. The molecule has 0 saturated heterocycles. The van der Waals surface area contributed by atoms with Crippen LogP contribution in [-0.2, 0) is 12.6 Å². The molecule has 2 aromatic carbocycles. The van der Waals surface area contributed by atoms with Gasteiger partial charge < -0.3 is 5.32 Å². The minimum atomic E-state index is -4.66. The lowest BCUT2D eigenvalue weighted by Crippen LogP contribution is -2.07. The summed E-state index contributed by atoms with van der Waals surface area (Å²) in [6.07, 6.45) is -3.79. The average Bonchev–Trinajstić information content (AvgIpc) is 2.84. The van der Waals surface area contributed by atoms with Crippen molar-refractivity contribution in [3.63, 3.8) is 0 Å². The van der Waals surface area contributed by atoms with Crippen LogP contribution in [0.1, 0.15) is 11.1 Å². The normalized spacial score (nSPS) is 14.0. The number of anilines is 1. The molecule has 2 aromatic rings. The van der Waals surface area contributed by atoms with Crippen molar-refractivity contribution in [3.05, 3.63) is 53.3 Å². The van der Waals surface area contributed by atoms with Crippen LogP contribution < -0.4 is 5.32 Å². The number of benzene rings is 2. The fraction of sp³-hybridized carbons (Fsp3) is 0.200. The van der Waals surface area contributed by atoms with Gasteiger partial charge in [-0.25, -0.2) is 4.39 Å². The molecule has 1 nitrogen and oxygen atoms in total. The summed E-state index contributed by atoms with van der Waals surface area (Å²) in [6.45, 7) is 0.847. The third-order valence-corrected chi connectivity index (χ3v) is 3.42. The molecule has 0 atom stereocenters. The molecule has 0 radical (unpaired) electrons. The fourth-order valence-corrected chi connectivity index (χ4v) is 2.41. The van der Waals surface area contributed by atoms with E-state index in [1.165, 1.54) is 6.07 Å². The Balaban J connectivity index is 2.01. The second-order valence-corrected chi connectivity index (χ2v) is 4.74. The molecule has 104 valence electrons. The van der Waals surface area contributed by atoms with E-state index >= 15 is 0 Å². The van der Waals surface area contributed by atoms with E-state index in [0.29, 0.717) is 5.56 Å². The van der Waals surface area contributed by atoms with Crippen molar-refractivity contribution in [2.75, 3.05) is 11.9 Å². The second-order valence-electron chi connectivity index (χ2n) is 4.74. The van der Waals surface area contributed by atoms with E-state index in [9.17, 15) is 17.6 Å². The summed E-state index contributed by atoms with van der Waals surface area (Å²) in [4.78, 5) is 0. The standard InChI is InChI=1S/C15H11F4N/c16-13-8-10(1-3-12(13)15(17,18)19)9-2-4-14-11(7-9)5-6-20-14/h1-4,7-8,20H,5-6H2. The summed E-state index contributed by atoms with van der Waals surface area (Å²) in [5.41, 5.74) is 2.07. The zero-order valence-corrected chi connectivity index (χ0v) is 10.4. The third kappa shape index (κ3) is 2.24. The first kappa shape index (κ1) is 13.0. The molecule has 5 heteroatoms. The lowest BCUT2D eigenvalue weighted by atomic mass is 10.00. The number of nitrogens with one attached hydrogen (secondary N) is 1. The average molecular weight is 281 g/mol. The molecule has 0 unspecified atom stereocenters. The van der Waals surface area contributed by atoms with Crippen molar-refractivity contribution in [1.82, 2.24) is 0 Å². The van der Waals surface area contributed by atoms with Crippen molar-refractivity contribution in [1.29, 1.82) is 0 Å². The van der Waals surface area contributed by atoms with Crippen LogP contribution in [0.2, 0.25) is 0 Å². The molecule has 1 heterocycles. The number of rotatable bonds is 1. The van der Waals surface area contributed by atoms with Crippen molar-refractivity contribution in [2.24, 2.45) is 0 Å². The maximum Gasteiger partial charge on any atom is 0.419 e. The predicted molar refractivity (Wildman–Crippen MR) is 69.0 cm³/mol. The fourth-order valence-electron chi connectivity index (χ4n) is 2.41. The summed E-state index contributed by atoms with van der Waals surface area (Å²) in [5, 5.41) is 3.20. The van der Waals surface area contributed by atoms with Crippen molar-refractivity contribution >= 4 is 5.69 Å². The smallest absolute Gasteiger partial charge is 0.384 e. The van der Waals surface area contributed by atoms with E-state index < -0.39 is 17.6 Å². The Kier molecular flexibility index (Phi) is 2.92. The first-order valence-corrected chi connectivity index (χ1v) is 6.19. The van der Waals surface area contributed by atoms with Crippen LogP contribution in [0.4, 0.5) is 23.2 Å². The number of fused-ring (bicyclic) bond motifs is 1. The van der Waals surface area contributed by atoms with Crippen molar-refractivity contribution < 1.29 is 17.6 Å². The highest BCUT2D eigenvalue weighted by molar-refractivity contribution is 5.70. The van der Waals surface area contributed by atoms with E-state index in [0.717, 1.165) is 41.9 Å². The Morgan fingerprint density at radius 2 is 1.65 bits per heavy atom. The monoisotopic (exact) mass is 281 g/mol. The van der Waals surface area contributed by atoms with Crippen LogP contribution >= 0.6 is 0 Å². The third-order valence-electron chi connectivity index (χ3n) is 3.42. The topological polar surface area (TPSA) is 12.0 Å². The summed E-state index contributed by atoms with van der Waals surface area (Å²) in [5.74, 6) is -1.24. The van der Waals surface area contributed by atoms with Crippen molar-refractivity contribution in [3.8, 4) is 11.1 Å². The molecule has 0 bridgehead atoms. The van der Waals surface area contributed by atoms with Gasteiger partial charge in [-0.15, -0.1) is 0 Å². The highest BCUT2D eigenvalue weighted by atomic mass is 19.4. The van der Waals surface area contributed by atoms with Gasteiger partial charge in [-0.3, -0.25) is 0 Å². The highest BCUT2D eigenvalue weighted by Gasteiger charge is 2.33. The molecule has 1 N–H and O–H groups in total. The molecule has 1 aliphatic rings. The van der Waals surface area contributed by atoms with Gasteiger partial charge in [0, 0.05) is 12.2 Å². The van der Waals surface area contributed by atoms with Crippen LogP contribution in [0.5, 0.6) is 0 Å². The van der Waals surface area contributed by atoms with Crippen molar-refractivity contribution in [2.45, 2.75) is 12.6 Å². The van der Waals surface area contributed by atoms with Gasteiger partial charge in [0.15, 0.2) is 0 Å². The van der Waals surface area contributed by atoms with Crippen LogP contribution in [-0.4, -0.2) is 6.54 Å². The lowest BCUT2D eigenvalue weighted by Gasteiger charge is -2.10. The van der Waals surface area contributed by atoms with Crippen LogP contribution in [0.15, 0.2) is 36.4 Å². The minimum absolute atomic E-state index is 0.449. The quantitative estimate of drug-likeness (QED) is 0.760. The van der Waals surface area contributed by atoms with Gasteiger partial charge in [-0.05, 0) is 47.4 Å². The highest BCUT2D eigenvalue weighted by Crippen LogP contribution is 2.34. The van der Waals surface area contributed by atoms with E-state index in [1.54, 1.807) is 6.07 Å². The Labute approximate surface area is 113 Å². The minimum Gasteiger partial charge on any atom is -0.384 e. The van der Waals surface area contributed by atoms with Gasteiger partial charge in [0.2, 0.25) is 0 Å². The van der Waals surface area contributed by atoms with Crippen LogP contribution in [0.25, 0.3) is 11.1 Å². The van der Waals surface area contributed by atoms with E-state index in [-0.39, 0.29) is 0 Å². The second kappa shape index (κ2) is 4.51. The van der Waals surface area contributed by atoms with E-state index in [1.807, 2.05) is 12.1 Å². The molecular formula is C15H11F4N. The summed E-state index contributed by atoms with van der Waals surface area (Å²) in [7, 11) is 0. The summed E-state index contributed by atoms with van der Waals surface area (Å²) >= 11 is 0. The molecule has 1 aliphatic heterocycles. The largest absolute Gasteiger partial charge is 0.419 e. The Morgan fingerprint density at radius 3 is 2.35 bits per heavy atom. The van der Waals surface area contributed by atoms with Gasteiger partial charge >= 0.3 is 6.18 Å². The number of hydrogen-bond acceptors (Lipinski definition) is 1. The molecule has 0 saturated carbocycles. The molecule has 0 amide bonds. The van der Waals surface area contributed by atoms with Gasteiger partial charge in [-0.1, -0.05) is 12.1 Å². The number of halogens is 4. The van der Waals surface area contributed by atoms with Crippen LogP contribution in [0, 0.1) is 5.82 Å². The summed E-state index contributed by atoms with van der Waals surface area (Å²) < 4.78 is 51.1. The molecule has 0 spiro atoms. The van der Waals surface area contributed by atoms with Gasteiger partial charge in [0.1, 0.15) is 5.82 Å². The van der Waals surface area contributed by atoms with Crippen LogP contribution in [0.3, 0.4) is 0 Å². The molecular weight excluding hydrogens is 270 g/mol. The van der Waals surface area contributed by atoms with E-state index in [2.05, 4.69) is 5.32 Å². The Bertz CT molecular complexity index is 661. The zero-order chi connectivity index (χ0) is 14.3. The number of hydrogen-bond donors (Lipinski definition) is 1. The van der Waals surface area contributed by atoms with Gasteiger partial charge in [0.25, 0.3) is 0 Å². The lowest BCUT2D eigenvalue weighted by molar-refractivity contribution is -0.139.